The van der Waals surface area contributed by atoms with Crippen molar-refractivity contribution in [3.63, 3.8) is 0 Å². The third-order valence-electron chi connectivity index (χ3n) is 24.1. The van der Waals surface area contributed by atoms with Gasteiger partial charge in [-0.3, -0.25) is 96.6 Å². The summed E-state index contributed by atoms with van der Waals surface area (Å²) in [7, 11) is 1.23. The number of anilines is 1. The fourth-order valence-corrected chi connectivity index (χ4v) is 17.3. The van der Waals surface area contributed by atoms with E-state index in [0.29, 0.717) is 39.1 Å². The molecule has 0 radical (unpaired) electrons. The molecule has 12 atom stereocenters. The number of morpholine rings is 1. The van der Waals surface area contributed by atoms with Gasteiger partial charge in [-0.25, -0.2) is 4.79 Å². The number of thioether (sulfide) groups is 1. The predicted molar refractivity (Wildman–Crippen MR) is 532 cm³/mol. The number of carbonyl (C=O) groups is 19. The summed E-state index contributed by atoms with van der Waals surface area (Å²) in [6.07, 6.45) is -2.66. The molecule has 3 aliphatic heterocycles. The highest BCUT2D eigenvalue weighted by Gasteiger charge is 2.44. The van der Waals surface area contributed by atoms with Crippen LogP contribution < -0.4 is 91.6 Å². The second-order valence-corrected chi connectivity index (χ2v) is 37.8. The van der Waals surface area contributed by atoms with Crippen molar-refractivity contribution in [2.75, 3.05) is 82.9 Å². The fraction of sp³-hybridized carbons (Fsp3) is 0.440. The number of hydrogen-bond donors (Lipinski definition) is 20. The molecule has 3 saturated heterocycles. The van der Waals surface area contributed by atoms with E-state index in [1.54, 1.807) is 157 Å². The van der Waals surface area contributed by atoms with Gasteiger partial charge in [-0.1, -0.05) is 157 Å². The first kappa shape index (κ1) is 112. The maximum atomic E-state index is 15.8. The number of primary amides is 2. The number of nitrogens with zero attached hydrogens (tertiary/aromatic N) is 3. The number of fused-ring (bicyclic) bond motifs is 1. The zero-order valence-corrected chi connectivity index (χ0v) is 82.3. The average Bonchev–Trinajstić information content (AvgIpc) is 1.24. The lowest BCUT2D eigenvalue weighted by Gasteiger charge is -2.33. The standard InChI is InChI=1S/C100H129N21O22S/c1-55(2)43-71-89(131)116-78(87(129)106-50-80(101)123)53-144-54-82(125)109-77(51-120-39-41-143-42-40-120)94(136)112-73(46-60-21-25-63(26-22-60)65-29-31-67(32-30-65)99(141)142)92(134)115-76(47-61-23-27-64(28-24-61)66-33-35-69(36-34-66)107-58(7)122)97(139)119(8)52-81(124)108-72(45-59-15-10-9-11-16-59)90(132)113-75(49-83(126)127)93(135)110-70(19-13-37-105-100(103)104)88(130)118-85(57(5)6)98(140)121-38-14-20-79(121)95(137)117-84(56(3)4)96(138)114-74(91(133)111-71)48-62-17-12-18-68(44-62)86(102)128/h9-12,15-18,21-36,44,55-57,70-79,84-85H,13-14,19-20,37-43,45-54H2,1-8H3,(H2,101,123)(H2,102,128)(H,106,129)(H,107,122)(H,108,124)(H,109,125)(H,110,135)(H,111,133)(H,112,136)(H,113,132)(H,114,138)(H,115,134)(H,116,131)(H,117,137)(H,118,130)(H,126,127)(H,141,142)(H4,103,104,105)/t70-,71+,72+,73+,74+,75+,76+,77+,78+,79+,84+,85+/m1/s1. The molecule has 44 heteroatoms. The highest BCUT2D eigenvalue weighted by Crippen LogP contribution is 2.27. The number of aromatic carboxylic acids is 1. The molecule has 3 heterocycles. The molecule has 6 aromatic carbocycles. The van der Waals surface area contributed by atoms with Crippen molar-refractivity contribution in [3.05, 3.63) is 185 Å². The van der Waals surface area contributed by atoms with Gasteiger partial charge in [0.05, 0.1) is 44.0 Å². The Morgan fingerprint density at radius 3 is 1.53 bits per heavy atom. The molecule has 0 bridgehead atoms. The maximum absolute atomic E-state index is 15.8. The molecule has 23 N–H and O–H groups in total. The summed E-state index contributed by atoms with van der Waals surface area (Å²) in [5, 5.41) is 65.1. The number of carbonyl (C=O) groups excluding carboxylic acids is 17. The summed E-state index contributed by atoms with van der Waals surface area (Å²) < 4.78 is 5.64. The summed E-state index contributed by atoms with van der Waals surface area (Å²) in [6.45, 7) is 10.2. The quantitative estimate of drug-likeness (QED) is 0.0169. The molecule has 0 aromatic heterocycles. The monoisotopic (exact) mass is 2010 g/mol. The summed E-state index contributed by atoms with van der Waals surface area (Å²) in [5.74, 6) is -21.9. The van der Waals surface area contributed by atoms with Crippen molar-refractivity contribution in [1.29, 1.82) is 5.41 Å². The average molecular weight is 2010 g/mol. The second kappa shape index (κ2) is 54.7. The van der Waals surface area contributed by atoms with Crippen LogP contribution in [-0.4, -0.2) is 293 Å². The second-order valence-electron chi connectivity index (χ2n) is 36.7. The molecule has 43 nitrogen and oxygen atoms in total. The molecular weight excluding hydrogens is 1880 g/mol. The first-order valence-electron chi connectivity index (χ1n) is 47.4. The number of carboxylic acids is 2. The molecule has 144 heavy (non-hydrogen) atoms. The predicted octanol–water partition coefficient (Wildman–Crippen LogP) is -0.395. The molecule has 6 aromatic rings. The Labute approximate surface area is 837 Å². The van der Waals surface area contributed by atoms with Crippen LogP contribution >= 0.6 is 11.8 Å². The summed E-state index contributed by atoms with van der Waals surface area (Å²) in [5.41, 5.74) is 21.5. The lowest BCUT2D eigenvalue weighted by molar-refractivity contribution is -0.144. The van der Waals surface area contributed by atoms with Gasteiger partial charge in [0.25, 0.3) is 0 Å². The van der Waals surface area contributed by atoms with Crippen molar-refractivity contribution in [2.45, 2.75) is 185 Å². The molecule has 772 valence electrons. The molecule has 0 saturated carbocycles. The number of benzene rings is 6. The van der Waals surface area contributed by atoms with E-state index in [9.17, 15) is 67.7 Å². The Balaban J connectivity index is 1.13. The Kier molecular flexibility index (Phi) is 42.7. The van der Waals surface area contributed by atoms with E-state index in [1.165, 1.54) is 55.3 Å². The number of nitrogens with one attached hydrogen (secondary N) is 15. The molecule has 0 unspecified atom stereocenters. The van der Waals surface area contributed by atoms with Gasteiger partial charge in [0.2, 0.25) is 100 Å². The van der Waals surface area contributed by atoms with Crippen molar-refractivity contribution < 1.29 is 106 Å². The number of aliphatic carboxylic acids is 1. The summed E-state index contributed by atoms with van der Waals surface area (Å²) in [4.78, 5) is 276. The van der Waals surface area contributed by atoms with Crippen LogP contribution in [0.4, 0.5) is 5.69 Å². The molecule has 3 fully saturated rings. The van der Waals surface area contributed by atoms with Crippen LogP contribution in [0.2, 0.25) is 0 Å². The Morgan fingerprint density at radius 1 is 0.493 bits per heavy atom. The van der Waals surface area contributed by atoms with Gasteiger partial charge in [-0.2, -0.15) is 0 Å². The van der Waals surface area contributed by atoms with Gasteiger partial charge in [0.1, 0.15) is 72.5 Å². The van der Waals surface area contributed by atoms with Crippen LogP contribution in [0.3, 0.4) is 0 Å². The summed E-state index contributed by atoms with van der Waals surface area (Å²) in [6, 6.07) is 21.2. The van der Waals surface area contributed by atoms with Gasteiger partial charge in [0, 0.05) is 89.4 Å². The number of ether oxygens (including phenoxy) is 1. The normalized spacial score (nSPS) is 22.1. The van der Waals surface area contributed by atoms with E-state index in [1.807, 2.05) is 4.90 Å². The molecular formula is C100H129N21O22S. The van der Waals surface area contributed by atoms with Gasteiger partial charge in [0.15, 0.2) is 5.96 Å². The lowest BCUT2D eigenvalue weighted by atomic mass is 9.98. The molecule has 9 rings (SSSR count). The number of carboxylic acid groups (broad SMARTS) is 2. The van der Waals surface area contributed by atoms with Crippen LogP contribution in [0.5, 0.6) is 0 Å². The number of guanidine groups is 1. The third kappa shape index (κ3) is 35.2. The minimum Gasteiger partial charge on any atom is -0.481 e. The van der Waals surface area contributed by atoms with E-state index >= 15 is 33.6 Å². The van der Waals surface area contributed by atoms with Crippen molar-refractivity contribution in [1.82, 2.24) is 83.8 Å². The Morgan fingerprint density at radius 2 is 0.979 bits per heavy atom. The first-order valence-corrected chi connectivity index (χ1v) is 48.5. The van der Waals surface area contributed by atoms with Crippen LogP contribution in [0.15, 0.2) is 152 Å². The molecule has 0 spiro atoms. The Hall–Kier alpha value is -15.2. The number of rotatable bonds is 28. The molecule has 17 amide bonds. The topological polar surface area (TPSA) is 654 Å². The van der Waals surface area contributed by atoms with E-state index in [0.717, 1.165) is 22.2 Å². The van der Waals surface area contributed by atoms with E-state index in [2.05, 4.69) is 74.4 Å². The van der Waals surface area contributed by atoms with Crippen LogP contribution in [0, 0.1) is 23.2 Å². The van der Waals surface area contributed by atoms with Crippen molar-refractivity contribution >= 4 is 136 Å². The minimum absolute atomic E-state index is 0.0151. The fourth-order valence-electron chi connectivity index (χ4n) is 16.5. The SMILES string of the molecule is CC(=O)Nc1ccc(-c2ccc(C[C@@H]3NC(=O)[C@H](Cc4ccc(-c5ccc(C(=O)O)cc5)cc4)NC(=O)[C@H](CN4CCOCC4)NC(=O)CSC[C@@H](C(=O)NCC(N)=O)NC(=O)[C@H](CC(C)C)NC(=O)[C@H](Cc4cccc(C(N)=O)c4)NC(=O)[C@H](C(C)C)NC(=O)[C@@H]4CCCN4C(=O)[C@H](C(C)C)NC(=O)[C@@H](CCCNC(=N)N)NC(=O)[C@H](CC(=O)O)NC(=O)[C@H](Cc4ccccc4)NC(=O)CN(C)C3=O)cc2)cc1. The highest BCUT2D eigenvalue weighted by molar-refractivity contribution is 8.00. The number of nitrogens with two attached hydrogens (primary N) is 3. The van der Waals surface area contributed by atoms with E-state index in [-0.39, 0.29) is 126 Å². The van der Waals surface area contributed by atoms with E-state index < -0.39 is 234 Å². The van der Waals surface area contributed by atoms with Crippen molar-refractivity contribution in [3.8, 4) is 22.3 Å². The van der Waals surface area contributed by atoms with E-state index in [4.69, 9.17) is 27.3 Å². The van der Waals surface area contributed by atoms with Gasteiger partial charge in [-0.15, -0.1) is 11.8 Å². The van der Waals surface area contributed by atoms with Crippen LogP contribution in [0.25, 0.3) is 22.3 Å². The summed E-state index contributed by atoms with van der Waals surface area (Å²) >= 11 is 0.783. The minimum atomic E-state index is -2.03. The largest absolute Gasteiger partial charge is 0.481 e. The molecule has 3 aliphatic rings. The number of amides is 17. The lowest BCUT2D eigenvalue weighted by Crippen LogP contribution is -2.62. The first-order chi connectivity index (χ1) is 68.4. The van der Waals surface area contributed by atoms with Gasteiger partial charge in [-0.05, 0) is 131 Å². The maximum Gasteiger partial charge on any atom is 0.335 e. The Bertz CT molecular complexity index is 5600. The van der Waals surface area contributed by atoms with Crippen LogP contribution in [-0.2, 0) is 112 Å². The third-order valence-corrected chi connectivity index (χ3v) is 25.1. The van der Waals surface area contributed by atoms with Gasteiger partial charge >= 0.3 is 11.9 Å². The van der Waals surface area contributed by atoms with Gasteiger partial charge < -0.3 is 116 Å². The smallest absolute Gasteiger partial charge is 0.335 e. The zero-order valence-electron chi connectivity index (χ0n) is 81.5. The van der Waals surface area contributed by atoms with Crippen molar-refractivity contribution in [2.24, 2.45) is 35.0 Å². The zero-order chi connectivity index (χ0) is 105. The number of likely N-dealkylation sites (N-methyl/N-ethyl adjacent to an activating group) is 1. The molecule has 0 aliphatic carbocycles. The van der Waals surface area contributed by atoms with Crippen LogP contribution in [0.1, 0.15) is 130 Å². The highest BCUT2D eigenvalue weighted by atomic mass is 32.2. The number of hydrogen-bond acceptors (Lipinski definition) is 23.